The van der Waals surface area contributed by atoms with Gasteiger partial charge in [-0.1, -0.05) is 58.4 Å². The molecule has 4 aromatic carbocycles. The van der Waals surface area contributed by atoms with Gasteiger partial charge in [0.2, 0.25) is 0 Å². The molecule has 0 radical (unpaired) electrons. The molecule has 0 N–H and O–H groups in total. The Hall–Kier alpha value is -3.68. The van der Waals surface area contributed by atoms with E-state index in [4.69, 9.17) is 0 Å². The van der Waals surface area contributed by atoms with E-state index in [2.05, 4.69) is 13.8 Å². The predicted molar refractivity (Wildman–Crippen MR) is 166 cm³/mol. The fourth-order valence-electron chi connectivity index (χ4n) is 5.97. The summed E-state index contributed by atoms with van der Waals surface area (Å²) < 4.78 is 122. The summed E-state index contributed by atoms with van der Waals surface area (Å²) in [5.41, 5.74) is -4.87. The SMILES string of the molecule is Cc1cc(-c2ccc(C(F)(F)C(C)(C)c3c(F)cc(C(C)(C)c4ccc(CCCC(C)C)cc4F)cc3F)cc2F)cc(F)c1F. The quantitative estimate of drug-likeness (QED) is 0.150. The minimum absolute atomic E-state index is 0.0500. The molecule has 246 valence electrons. The van der Waals surface area contributed by atoms with Crippen LogP contribution in [0.2, 0.25) is 0 Å². The van der Waals surface area contributed by atoms with Crippen molar-refractivity contribution in [1.29, 1.82) is 0 Å². The van der Waals surface area contributed by atoms with Crippen LogP contribution in [0.15, 0.2) is 60.7 Å². The molecule has 0 saturated carbocycles. The lowest BCUT2D eigenvalue weighted by Crippen LogP contribution is -2.40. The molecule has 4 rings (SSSR count). The topological polar surface area (TPSA) is 0 Å². The Labute approximate surface area is 265 Å². The number of halogens is 8. The minimum Gasteiger partial charge on any atom is -0.207 e. The van der Waals surface area contributed by atoms with Crippen LogP contribution in [0.1, 0.15) is 87.8 Å². The Morgan fingerprint density at radius 1 is 0.652 bits per heavy atom. The third-order valence-corrected chi connectivity index (χ3v) is 8.98. The van der Waals surface area contributed by atoms with Crippen LogP contribution in [0.5, 0.6) is 0 Å². The second-order valence-corrected chi connectivity index (χ2v) is 13.5. The first-order valence-electron chi connectivity index (χ1n) is 15.2. The van der Waals surface area contributed by atoms with E-state index in [9.17, 15) is 8.78 Å². The van der Waals surface area contributed by atoms with Gasteiger partial charge in [-0.05, 0) is 104 Å². The molecule has 46 heavy (non-hydrogen) atoms. The molecule has 0 aliphatic carbocycles. The molecule has 0 fully saturated rings. The van der Waals surface area contributed by atoms with Gasteiger partial charge in [0.05, 0.1) is 5.41 Å². The van der Waals surface area contributed by atoms with Gasteiger partial charge in [-0.2, -0.15) is 0 Å². The maximum absolute atomic E-state index is 16.0. The molecule has 0 heterocycles. The molecule has 0 amide bonds. The second kappa shape index (κ2) is 12.8. The molecule has 0 aliphatic heterocycles. The van der Waals surface area contributed by atoms with E-state index in [1.807, 2.05) is 0 Å². The van der Waals surface area contributed by atoms with Crippen LogP contribution in [0.3, 0.4) is 0 Å². The molecular weight excluding hydrogens is 608 g/mol. The van der Waals surface area contributed by atoms with Gasteiger partial charge in [-0.25, -0.2) is 35.1 Å². The van der Waals surface area contributed by atoms with Gasteiger partial charge >= 0.3 is 0 Å². The summed E-state index contributed by atoms with van der Waals surface area (Å²) in [6.07, 6.45) is 2.57. The van der Waals surface area contributed by atoms with Crippen molar-refractivity contribution >= 4 is 0 Å². The zero-order valence-electron chi connectivity index (χ0n) is 27.0. The number of aryl methyl sites for hydroxylation is 2. The van der Waals surface area contributed by atoms with Crippen LogP contribution in [-0.4, -0.2) is 0 Å². The van der Waals surface area contributed by atoms with Gasteiger partial charge in [0, 0.05) is 22.1 Å². The highest BCUT2D eigenvalue weighted by atomic mass is 19.3. The lowest BCUT2D eigenvalue weighted by molar-refractivity contribution is -0.0752. The van der Waals surface area contributed by atoms with Gasteiger partial charge in [0.15, 0.2) is 11.6 Å². The Morgan fingerprint density at radius 3 is 1.80 bits per heavy atom. The van der Waals surface area contributed by atoms with E-state index < -0.39 is 62.8 Å². The van der Waals surface area contributed by atoms with Crippen LogP contribution in [0.4, 0.5) is 35.1 Å². The van der Waals surface area contributed by atoms with E-state index in [0.717, 1.165) is 62.6 Å². The van der Waals surface area contributed by atoms with Crippen LogP contribution in [-0.2, 0) is 23.2 Å². The summed E-state index contributed by atoms with van der Waals surface area (Å²) in [6, 6.07) is 11.0. The van der Waals surface area contributed by atoms with Gasteiger partial charge in [-0.15, -0.1) is 0 Å². The highest BCUT2D eigenvalue weighted by Gasteiger charge is 2.52. The van der Waals surface area contributed by atoms with E-state index in [0.29, 0.717) is 18.4 Å². The Kier molecular flexibility index (Phi) is 9.82. The van der Waals surface area contributed by atoms with Crippen molar-refractivity contribution in [3.8, 4) is 11.1 Å². The van der Waals surface area contributed by atoms with Crippen molar-refractivity contribution in [2.24, 2.45) is 5.92 Å². The summed E-state index contributed by atoms with van der Waals surface area (Å²) >= 11 is 0. The van der Waals surface area contributed by atoms with Crippen molar-refractivity contribution in [2.75, 3.05) is 0 Å². The van der Waals surface area contributed by atoms with Crippen molar-refractivity contribution < 1.29 is 35.1 Å². The standard InChI is InChI=1S/C38H38F8/c1-21(2)9-8-10-23-11-14-28(30(40)16-23)36(4,5)26-19-31(41)34(32(42)20-26)37(6,7)38(45,46)25-12-13-27(29(39)18-25)24-15-22(3)35(44)33(43)17-24/h11-21H,8-10H2,1-7H3. The summed E-state index contributed by atoms with van der Waals surface area (Å²) in [4.78, 5) is 0. The average molecular weight is 647 g/mol. The summed E-state index contributed by atoms with van der Waals surface area (Å²) in [7, 11) is 0. The molecule has 0 saturated heterocycles. The van der Waals surface area contributed by atoms with Gasteiger partial charge in [0.1, 0.15) is 23.3 Å². The second-order valence-electron chi connectivity index (χ2n) is 13.5. The highest BCUT2D eigenvalue weighted by Crippen LogP contribution is 2.49. The van der Waals surface area contributed by atoms with Gasteiger partial charge < -0.3 is 0 Å². The normalized spacial score (nSPS) is 12.7. The van der Waals surface area contributed by atoms with Crippen LogP contribution in [0.25, 0.3) is 11.1 Å². The number of benzene rings is 4. The maximum atomic E-state index is 16.0. The molecule has 0 spiro atoms. The minimum atomic E-state index is -3.99. The first-order valence-corrected chi connectivity index (χ1v) is 15.2. The molecule has 0 aliphatic rings. The fraction of sp³-hybridized carbons (Fsp3) is 0.368. The first kappa shape index (κ1) is 35.2. The summed E-state index contributed by atoms with van der Waals surface area (Å²) in [5, 5.41) is 0. The molecule has 4 aromatic rings. The maximum Gasteiger partial charge on any atom is 0.282 e. The average Bonchev–Trinajstić information content (AvgIpc) is 2.94. The Balaban J connectivity index is 1.67. The third-order valence-electron chi connectivity index (χ3n) is 8.98. The fourth-order valence-corrected chi connectivity index (χ4v) is 5.97. The van der Waals surface area contributed by atoms with Crippen LogP contribution < -0.4 is 0 Å². The van der Waals surface area contributed by atoms with Gasteiger partial charge in [-0.3, -0.25) is 0 Å². The van der Waals surface area contributed by atoms with E-state index >= 15 is 26.3 Å². The summed E-state index contributed by atoms with van der Waals surface area (Å²) in [6.45, 7) is 10.6. The van der Waals surface area contributed by atoms with Crippen LogP contribution in [0, 0.1) is 47.7 Å². The third kappa shape index (κ3) is 6.58. The van der Waals surface area contributed by atoms with Crippen molar-refractivity contribution in [3.05, 3.63) is 129 Å². The van der Waals surface area contributed by atoms with Crippen LogP contribution >= 0.6 is 0 Å². The first-order chi connectivity index (χ1) is 21.3. The number of alkyl halides is 2. The molecule has 0 aromatic heterocycles. The summed E-state index contributed by atoms with van der Waals surface area (Å²) in [5.74, 6) is -10.0. The highest BCUT2D eigenvalue weighted by molar-refractivity contribution is 5.66. The number of rotatable bonds is 10. The van der Waals surface area contributed by atoms with E-state index in [1.165, 1.54) is 19.1 Å². The Bertz CT molecular complexity index is 1700. The smallest absolute Gasteiger partial charge is 0.207 e. The van der Waals surface area contributed by atoms with E-state index in [1.54, 1.807) is 26.0 Å². The largest absolute Gasteiger partial charge is 0.282 e. The molecule has 8 heteroatoms. The molecular formula is C38H38F8. The number of hydrogen-bond donors (Lipinski definition) is 0. The Morgan fingerprint density at radius 2 is 1.26 bits per heavy atom. The van der Waals surface area contributed by atoms with Crippen molar-refractivity contribution in [3.63, 3.8) is 0 Å². The lowest BCUT2D eigenvalue weighted by Gasteiger charge is -2.36. The van der Waals surface area contributed by atoms with Crippen molar-refractivity contribution in [1.82, 2.24) is 0 Å². The molecule has 0 unspecified atom stereocenters. The van der Waals surface area contributed by atoms with Gasteiger partial charge in [0.25, 0.3) is 5.92 Å². The zero-order chi connectivity index (χ0) is 34.4. The molecule has 0 atom stereocenters. The lowest BCUT2D eigenvalue weighted by atomic mass is 9.72. The number of hydrogen-bond acceptors (Lipinski definition) is 0. The monoisotopic (exact) mass is 646 g/mol. The molecule has 0 nitrogen and oxygen atoms in total. The van der Waals surface area contributed by atoms with Crippen molar-refractivity contribution in [2.45, 2.75) is 84.5 Å². The predicted octanol–water partition coefficient (Wildman–Crippen LogP) is 11.9. The van der Waals surface area contributed by atoms with E-state index in [-0.39, 0.29) is 27.8 Å². The molecule has 0 bridgehead atoms. The zero-order valence-corrected chi connectivity index (χ0v) is 27.0.